The Morgan fingerprint density at radius 2 is 1.20 bits per heavy atom. The molecule has 11 rings (SSSR count). The van der Waals surface area contributed by atoms with Crippen molar-refractivity contribution >= 4 is 61.7 Å². The van der Waals surface area contributed by atoms with Gasteiger partial charge in [-0.25, -0.2) is 4.98 Å². The summed E-state index contributed by atoms with van der Waals surface area (Å²) in [5.74, 6) is 1.41. The summed E-state index contributed by atoms with van der Waals surface area (Å²) in [4.78, 5) is 4.81. The number of rotatable bonds is 9. The first-order valence-corrected chi connectivity index (χ1v) is 24.2. The number of hydrogen-bond acceptors (Lipinski definition) is 2. The quantitative estimate of drug-likeness (QED) is 0.0625. The molecule has 8 aromatic carbocycles. The van der Waals surface area contributed by atoms with Crippen molar-refractivity contribution in [3.05, 3.63) is 236 Å². The molecule has 5 nitrogen and oxygen atoms in total. The van der Waals surface area contributed by atoms with Gasteiger partial charge in [0.25, 0.3) is 6.33 Å². The van der Waals surface area contributed by atoms with Crippen molar-refractivity contribution in [2.45, 2.75) is 52.4 Å². The number of aromatic nitrogens is 4. The van der Waals surface area contributed by atoms with E-state index in [2.05, 4.69) is 55.9 Å². The van der Waals surface area contributed by atoms with E-state index in [0.717, 1.165) is 33.2 Å². The number of pyridine rings is 1. The molecule has 0 amide bonds. The van der Waals surface area contributed by atoms with E-state index in [9.17, 15) is 8.22 Å². The fourth-order valence-electron chi connectivity index (χ4n) is 9.11. The molecular weight excluding hydrogens is 1040 g/mol. The minimum Gasteiger partial charge on any atom is -0.510 e. The molecule has 0 atom stereocenters. The summed E-state index contributed by atoms with van der Waals surface area (Å²) in [6.45, 7) is 12.2. The van der Waals surface area contributed by atoms with Crippen LogP contribution in [0.15, 0.2) is 206 Å². The third-order valence-corrected chi connectivity index (χ3v) is 16.5. The summed E-state index contributed by atoms with van der Waals surface area (Å²) in [6, 6.07) is 27.7. The molecule has 3 aromatic heterocycles. The summed E-state index contributed by atoms with van der Waals surface area (Å²) in [7, 11) is -5.62. The fraction of sp³-hybridized carbons (Fsp3) is 0.129. The molecule has 0 saturated carbocycles. The van der Waals surface area contributed by atoms with Crippen LogP contribution in [0.1, 0.15) is 73.2 Å². The predicted molar refractivity (Wildman–Crippen MR) is 281 cm³/mol. The van der Waals surface area contributed by atoms with E-state index in [1.165, 1.54) is 6.07 Å². The van der Waals surface area contributed by atoms with Crippen LogP contribution >= 0.6 is 0 Å². The average molecular weight is 1110 g/mol. The third kappa shape index (κ3) is 8.06. The monoisotopic (exact) mass is 1110 g/mol. The average Bonchev–Trinajstić information content (AvgIpc) is 0.876. The Balaban J connectivity index is 0.00000786. The molecule has 0 fully saturated rings. The molecule has 342 valence electrons. The van der Waals surface area contributed by atoms with E-state index in [1.54, 1.807) is 51.6 Å². The first-order valence-electron chi connectivity index (χ1n) is 29.7. The van der Waals surface area contributed by atoms with Gasteiger partial charge in [0.15, 0.2) is 8.07 Å². The maximum absolute atomic E-state index is 9.78. The van der Waals surface area contributed by atoms with Gasteiger partial charge in [-0.2, -0.15) is 18.2 Å². The van der Waals surface area contributed by atoms with Crippen molar-refractivity contribution in [2.24, 2.45) is 0 Å². The summed E-state index contributed by atoms with van der Waals surface area (Å²) in [6.07, 6.45) is 5.32. The van der Waals surface area contributed by atoms with Gasteiger partial charge in [0.1, 0.15) is 5.82 Å². The zero-order chi connectivity index (χ0) is 59.7. The zero-order valence-electron chi connectivity index (χ0n) is 53.5. The van der Waals surface area contributed by atoms with Gasteiger partial charge in [-0.3, -0.25) is 4.57 Å². The summed E-state index contributed by atoms with van der Waals surface area (Å²) in [5.41, 5.74) is 3.90. The number of para-hydroxylation sites is 4. The number of imidazole rings is 1. The van der Waals surface area contributed by atoms with E-state index in [0.29, 0.717) is 33.8 Å². The first-order chi connectivity index (χ1) is 39.2. The topological polar surface area (TPSA) is 35.9 Å². The molecule has 0 bridgehead atoms. The number of hydrogen-bond donors (Lipinski definition) is 0. The van der Waals surface area contributed by atoms with Gasteiger partial charge in [0, 0.05) is 44.3 Å². The van der Waals surface area contributed by atoms with Crippen molar-refractivity contribution < 1.29 is 50.9 Å². The molecule has 0 saturated heterocycles. The maximum atomic E-state index is 9.78. The molecule has 0 radical (unpaired) electrons. The van der Waals surface area contributed by atoms with Crippen LogP contribution in [0.2, 0.25) is 0 Å². The molecule has 0 unspecified atom stereocenters. The molecule has 11 aromatic rings. The van der Waals surface area contributed by atoms with Crippen LogP contribution in [0.3, 0.4) is 0 Å². The normalized spacial score (nSPS) is 15.1. The number of nitrogens with zero attached hydrogens (tertiary/aromatic N) is 4. The number of fused-ring (bicyclic) bond motifs is 4. The molecule has 0 N–H and O–H groups in total. The van der Waals surface area contributed by atoms with Crippen molar-refractivity contribution in [2.75, 3.05) is 0 Å². The van der Waals surface area contributed by atoms with Crippen molar-refractivity contribution in [3.8, 4) is 28.7 Å². The number of benzene rings is 8. The molecular formula is C62H52N4OPtSi-2. The van der Waals surface area contributed by atoms with Crippen LogP contribution in [0.25, 0.3) is 50.0 Å². The molecule has 7 heteroatoms. The fourth-order valence-corrected chi connectivity index (χ4v) is 13.1. The third-order valence-electron chi connectivity index (χ3n) is 12.3. The van der Waals surface area contributed by atoms with Crippen LogP contribution in [-0.2, 0) is 31.9 Å². The molecule has 69 heavy (non-hydrogen) atoms. The Hall–Kier alpha value is -7.11. The predicted octanol–water partition coefficient (Wildman–Crippen LogP) is 11.6. The Morgan fingerprint density at radius 1 is 0.594 bits per heavy atom. The van der Waals surface area contributed by atoms with E-state index >= 15 is 0 Å². The Kier molecular flexibility index (Phi) is 8.15. The SMILES string of the molecule is [2H]c1c([2H])c([2H])c([Si](c2cccc(C(C)(C)C)c2-[n+]2[c-]n(-c3[c-]c(Oc4[c-]c5c(cc4)c4ccccc4n5-c4cc(C(C)(C)C)ccn4)ccc3)c3ccccc32)(c2c([2H])c([2H])c([2H])c([2H])c2[2H])c2c([2H])c([2H])c([2H])c([2H])c2[2H])c([2H])c1[2H].[Pt]. The van der Waals surface area contributed by atoms with Gasteiger partial charge in [-0.15, -0.1) is 29.7 Å². The van der Waals surface area contributed by atoms with Crippen LogP contribution in [0.5, 0.6) is 11.5 Å². The second-order valence-electron chi connectivity index (χ2n) is 18.6. The Labute approximate surface area is 441 Å². The van der Waals surface area contributed by atoms with Crippen LogP contribution in [-0.4, -0.2) is 22.2 Å². The standard InChI is InChI=1S/C62H52N4OSi.Pt/c1-61(2,3)44-38-39-63-59(40-44)66-54-32-17-16-30-51(54)52-37-36-47(42-57(52)66)67-46-23-20-22-45(41-46)64-43-65(56-34-19-18-33-55(56)64)60-53(62(4,5)6)31-21-35-58(60)68(48-24-10-7-11-25-48,49-26-12-8-13-27-49)50-28-14-9-15-29-50;/h7-40H,1-6H3;/q-2;/i7D,8D,9D,10D,11D,12D,13D,14D,15D,24D,25D,26D,27D,28D,29D;. The van der Waals surface area contributed by atoms with Gasteiger partial charge in [0.05, 0.1) is 37.3 Å². The molecule has 0 aliphatic rings. The van der Waals surface area contributed by atoms with Gasteiger partial charge in [0.2, 0.25) is 0 Å². The Morgan fingerprint density at radius 3 is 1.86 bits per heavy atom. The van der Waals surface area contributed by atoms with Crippen LogP contribution < -0.4 is 30.1 Å². The van der Waals surface area contributed by atoms with E-state index in [1.807, 2.05) is 75.5 Å². The van der Waals surface area contributed by atoms with Crippen LogP contribution in [0, 0.1) is 18.5 Å². The minimum atomic E-state index is -5.62. The molecule has 3 heterocycles. The Bertz CT molecular complexity index is 4300. The summed E-state index contributed by atoms with van der Waals surface area (Å²) in [5, 5.41) is 0.130. The number of ether oxygens (including phenoxy) is 1. The largest absolute Gasteiger partial charge is 0.510 e. The van der Waals surface area contributed by atoms with E-state index in [4.69, 9.17) is 22.1 Å². The molecule has 0 spiro atoms. The van der Waals surface area contributed by atoms with Gasteiger partial charge >= 0.3 is 0 Å². The molecule has 0 aliphatic carbocycles. The summed E-state index contributed by atoms with van der Waals surface area (Å²) < 4.78 is 152. The van der Waals surface area contributed by atoms with Crippen molar-refractivity contribution in [1.82, 2.24) is 14.1 Å². The van der Waals surface area contributed by atoms with Crippen LogP contribution in [0.4, 0.5) is 0 Å². The van der Waals surface area contributed by atoms with Gasteiger partial charge in [-0.05, 0) is 72.0 Å². The smallest absolute Gasteiger partial charge is 0.268 e. The van der Waals surface area contributed by atoms with Gasteiger partial charge < -0.3 is 13.9 Å². The second kappa shape index (κ2) is 18.1. The summed E-state index contributed by atoms with van der Waals surface area (Å²) >= 11 is 0. The van der Waals surface area contributed by atoms with Crippen molar-refractivity contribution in [3.63, 3.8) is 0 Å². The van der Waals surface area contributed by atoms with E-state index in [-0.39, 0.29) is 37.4 Å². The first kappa shape index (κ1) is 31.1. The minimum absolute atomic E-state index is 0. The zero-order valence-corrected chi connectivity index (χ0v) is 41.8. The second-order valence-corrected chi connectivity index (χ2v) is 22.1. The molecule has 0 aliphatic heterocycles. The maximum Gasteiger partial charge on any atom is 0.268 e. The van der Waals surface area contributed by atoms with E-state index < -0.39 is 120 Å². The van der Waals surface area contributed by atoms with Gasteiger partial charge in [-0.1, -0.05) is 198 Å². The van der Waals surface area contributed by atoms with Crippen molar-refractivity contribution in [1.29, 1.82) is 0 Å².